The molecule has 0 nitrogen and oxygen atoms in total. The highest BCUT2D eigenvalue weighted by atomic mass is 14.3. The highest BCUT2D eigenvalue weighted by molar-refractivity contribution is 5.15. The molecule has 1 aliphatic rings. The van der Waals surface area contributed by atoms with E-state index in [2.05, 4.69) is 44.2 Å². The van der Waals surface area contributed by atoms with Gasteiger partial charge in [-0.2, -0.15) is 0 Å². The fourth-order valence-corrected chi connectivity index (χ4v) is 2.70. The van der Waals surface area contributed by atoms with Crippen LogP contribution in [0.2, 0.25) is 0 Å². The van der Waals surface area contributed by atoms with Crippen molar-refractivity contribution >= 4 is 0 Å². The summed E-state index contributed by atoms with van der Waals surface area (Å²) >= 11 is 0. The number of hydrogen-bond acceptors (Lipinski definition) is 0. The van der Waals surface area contributed by atoms with Gasteiger partial charge in [0.2, 0.25) is 0 Å². The summed E-state index contributed by atoms with van der Waals surface area (Å²) in [7, 11) is 0. The topological polar surface area (TPSA) is 0 Å². The molecule has 1 aromatic carbocycles. The van der Waals surface area contributed by atoms with Crippen LogP contribution in [-0.2, 0) is 6.42 Å². The van der Waals surface area contributed by atoms with Crippen LogP contribution < -0.4 is 0 Å². The molecule has 82 valence electrons. The second-order valence-electron chi connectivity index (χ2n) is 5.29. The molecular weight excluding hydrogens is 180 g/mol. The fraction of sp³-hybridized carbons (Fsp3) is 0.600. The third-order valence-corrected chi connectivity index (χ3v) is 3.93. The SMILES string of the molecule is CC(C)C(Cc1ccccc1)C1CCC1. The molecule has 1 unspecified atom stereocenters. The second kappa shape index (κ2) is 4.83. The fourth-order valence-electron chi connectivity index (χ4n) is 2.70. The highest BCUT2D eigenvalue weighted by Gasteiger charge is 2.29. The van der Waals surface area contributed by atoms with Gasteiger partial charge in [0, 0.05) is 0 Å². The molecule has 0 aromatic heterocycles. The Bertz CT molecular complexity index is 282. The standard InChI is InChI=1S/C15H22/c1-12(2)15(14-9-6-10-14)11-13-7-4-3-5-8-13/h3-5,7-8,12,14-15H,6,9-11H2,1-2H3. The highest BCUT2D eigenvalue weighted by Crippen LogP contribution is 2.38. The summed E-state index contributed by atoms with van der Waals surface area (Å²) in [5.74, 6) is 2.74. The molecular formula is C15H22. The first kappa shape index (κ1) is 10.7. The van der Waals surface area contributed by atoms with Gasteiger partial charge in [-0.1, -0.05) is 63.4 Å². The van der Waals surface area contributed by atoms with E-state index in [1.165, 1.54) is 31.2 Å². The largest absolute Gasteiger partial charge is 0.0625 e. The predicted molar refractivity (Wildman–Crippen MR) is 65.8 cm³/mol. The van der Waals surface area contributed by atoms with Crippen LogP contribution in [0.3, 0.4) is 0 Å². The molecule has 0 aliphatic heterocycles. The summed E-state index contributed by atoms with van der Waals surface area (Å²) in [4.78, 5) is 0. The number of rotatable bonds is 4. The van der Waals surface area contributed by atoms with E-state index in [0.29, 0.717) is 0 Å². The zero-order chi connectivity index (χ0) is 10.7. The van der Waals surface area contributed by atoms with Crippen LogP contribution in [0.25, 0.3) is 0 Å². The van der Waals surface area contributed by atoms with E-state index in [1.807, 2.05) is 0 Å². The third kappa shape index (κ3) is 2.62. The molecule has 0 heteroatoms. The van der Waals surface area contributed by atoms with Crippen LogP contribution in [0.15, 0.2) is 30.3 Å². The van der Waals surface area contributed by atoms with Crippen LogP contribution in [0.5, 0.6) is 0 Å². The zero-order valence-electron chi connectivity index (χ0n) is 9.95. The van der Waals surface area contributed by atoms with Crippen molar-refractivity contribution in [2.45, 2.75) is 39.5 Å². The lowest BCUT2D eigenvalue weighted by Crippen LogP contribution is -2.27. The third-order valence-electron chi connectivity index (χ3n) is 3.93. The van der Waals surface area contributed by atoms with E-state index in [4.69, 9.17) is 0 Å². The van der Waals surface area contributed by atoms with Crippen LogP contribution in [0, 0.1) is 17.8 Å². The van der Waals surface area contributed by atoms with E-state index in [1.54, 1.807) is 0 Å². The monoisotopic (exact) mass is 202 g/mol. The van der Waals surface area contributed by atoms with Crippen molar-refractivity contribution in [3.8, 4) is 0 Å². The number of hydrogen-bond donors (Lipinski definition) is 0. The molecule has 0 amide bonds. The number of benzene rings is 1. The summed E-state index contributed by atoms with van der Waals surface area (Å²) in [6, 6.07) is 11.0. The zero-order valence-corrected chi connectivity index (χ0v) is 9.95. The Morgan fingerprint density at radius 3 is 2.27 bits per heavy atom. The molecule has 0 radical (unpaired) electrons. The minimum atomic E-state index is 0.829. The lowest BCUT2D eigenvalue weighted by atomic mass is 9.69. The van der Waals surface area contributed by atoms with Gasteiger partial charge in [0.25, 0.3) is 0 Å². The van der Waals surface area contributed by atoms with Gasteiger partial charge in [0.05, 0.1) is 0 Å². The van der Waals surface area contributed by atoms with E-state index in [0.717, 1.165) is 17.8 Å². The predicted octanol–water partition coefficient (Wildman–Crippen LogP) is 4.30. The minimum Gasteiger partial charge on any atom is -0.0625 e. The molecule has 0 saturated heterocycles. The Hall–Kier alpha value is -0.780. The van der Waals surface area contributed by atoms with Crippen molar-refractivity contribution < 1.29 is 0 Å². The summed E-state index contributed by atoms with van der Waals surface area (Å²) < 4.78 is 0. The molecule has 0 N–H and O–H groups in total. The van der Waals surface area contributed by atoms with Gasteiger partial charge in [-0.3, -0.25) is 0 Å². The van der Waals surface area contributed by atoms with Crippen molar-refractivity contribution in [2.24, 2.45) is 17.8 Å². The van der Waals surface area contributed by atoms with Crippen LogP contribution in [-0.4, -0.2) is 0 Å². The van der Waals surface area contributed by atoms with Crippen LogP contribution >= 0.6 is 0 Å². The Labute approximate surface area is 93.7 Å². The summed E-state index contributed by atoms with van der Waals surface area (Å²) in [6.07, 6.45) is 5.68. The second-order valence-corrected chi connectivity index (χ2v) is 5.29. The van der Waals surface area contributed by atoms with Crippen molar-refractivity contribution in [1.82, 2.24) is 0 Å². The molecule has 0 heterocycles. The molecule has 1 saturated carbocycles. The van der Waals surface area contributed by atoms with Gasteiger partial charge in [0.1, 0.15) is 0 Å². The average molecular weight is 202 g/mol. The molecule has 1 aliphatic carbocycles. The molecule has 0 spiro atoms. The molecule has 2 rings (SSSR count). The van der Waals surface area contributed by atoms with Gasteiger partial charge in [0.15, 0.2) is 0 Å². The quantitative estimate of drug-likeness (QED) is 0.683. The van der Waals surface area contributed by atoms with E-state index >= 15 is 0 Å². The average Bonchev–Trinajstić information content (AvgIpc) is 2.15. The Morgan fingerprint density at radius 2 is 1.80 bits per heavy atom. The molecule has 0 bridgehead atoms. The first-order valence-electron chi connectivity index (χ1n) is 6.31. The molecule has 1 fully saturated rings. The van der Waals surface area contributed by atoms with E-state index in [-0.39, 0.29) is 0 Å². The Kier molecular flexibility index (Phi) is 3.45. The maximum atomic E-state index is 2.38. The molecule has 1 aromatic rings. The van der Waals surface area contributed by atoms with Gasteiger partial charge < -0.3 is 0 Å². The molecule has 15 heavy (non-hydrogen) atoms. The summed E-state index contributed by atoms with van der Waals surface area (Å²) in [5.41, 5.74) is 1.52. The first-order valence-corrected chi connectivity index (χ1v) is 6.31. The van der Waals surface area contributed by atoms with Gasteiger partial charge in [-0.05, 0) is 29.7 Å². The van der Waals surface area contributed by atoms with Crippen LogP contribution in [0.1, 0.15) is 38.7 Å². The smallest absolute Gasteiger partial charge is 0.0245 e. The lowest BCUT2D eigenvalue weighted by Gasteiger charge is -2.36. The van der Waals surface area contributed by atoms with Crippen molar-refractivity contribution in [3.05, 3.63) is 35.9 Å². The van der Waals surface area contributed by atoms with Crippen molar-refractivity contribution in [3.63, 3.8) is 0 Å². The van der Waals surface area contributed by atoms with Gasteiger partial charge in [-0.15, -0.1) is 0 Å². The minimum absolute atomic E-state index is 0.829. The maximum Gasteiger partial charge on any atom is -0.0245 e. The first-order chi connectivity index (χ1) is 7.27. The lowest BCUT2D eigenvalue weighted by molar-refractivity contribution is 0.159. The summed E-state index contributed by atoms with van der Waals surface area (Å²) in [5, 5.41) is 0. The van der Waals surface area contributed by atoms with E-state index in [9.17, 15) is 0 Å². The van der Waals surface area contributed by atoms with Crippen molar-refractivity contribution in [2.75, 3.05) is 0 Å². The van der Waals surface area contributed by atoms with Gasteiger partial charge >= 0.3 is 0 Å². The van der Waals surface area contributed by atoms with Crippen LogP contribution in [0.4, 0.5) is 0 Å². The normalized spacial score (nSPS) is 18.9. The summed E-state index contributed by atoms with van der Waals surface area (Å²) in [6.45, 7) is 4.76. The van der Waals surface area contributed by atoms with Gasteiger partial charge in [-0.25, -0.2) is 0 Å². The van der Waals surface area contributed by atoms with E-state index < -0.39 is 0 Å². The Morgan fingerprint density at radius 1 is 1.13 bits per heavy atom. The van der Waals surface area contributed by atoms with Crippen molar-refractivity contribution in [1.29, 1.82) is 0 Å². The maximum absolute atomic E-state index is 2.38. The Balaban J connectivity index is 2.00. The molecule has 1 atom stereocenters.